The summed E-state index contributed by atoms with van der Waals surface area (Å²) in [6.45, 7) is 7.82. The van der Waals surface area contributed by atoms with Crippen LogP contribution in [0.1, 0.15) is 104 Å². The van der Waals surface area contributed by atoms with Crippen molar-refractivity contribution in [2.75, 3.05) is 6.54 Å². The minimum absolute atomic E-state index is 0.227. The SMILES string of the molecule is CCCCCCCC[C@H](O)CNC1C[C@H]2C[C@@H](C1C/C=C\CCCC(=O)O)C2(C)C. The number of nitrogens with one attached hydrogen (secondary N) is 1. The molecule has 0 radical (unpaired) electrons. The molecule has 0 aliphatic heterocycles. The van der Waals surface area contributed by atoms with Gasteiger partial charge in [-0.25, -0.2) is 0 Å². The van der Waals surface area contributed by atoms with Gasteiger partial charge in [-0.15, -0.1) is 0 Å². The fourth-order valence-electron chi connectivity index (χ4n) is 5.80. The first kappa shape index (κ1) is 25.4. The number of fused-ring (bicyclic) bond motifs is 2. The summed E-state index contributed by atoms with van der Waals surface area (Å²) >= 11 is 0. The van der Waals surface area contributed by atoms with Crippen molar-refractivity contribution in [1.82, 2.24) is 5.32 Å². The van der Waals surface area contributed by atoms with Crippen molar-refractivity contribution in [3.8, 4) is 0 Å². The minimum atomic E-state index is -0.707. The highest BCUT2D eigenvalue weighted by Gasteiger charge is 2.56. The van der Waals surface area contributed by atoms with Crippen LogP contribution in [0.4, 0.5) is 0 Å². The average molecular weight is 422 g/mol. The highest BCUT2D eigenvalue weighted by atomic mass is 16.4. The van der Waals surface area contributed by atoms with Crippen LogP contribution in [0.25, 0.3) is 0 Å². The largest absolute Gasteiger partial charge is 0.481 e. The van der Waals surface area contributed by atoms with E-state index >= 15 is 0 Å². The van der Waals surface area contributed by atoms with Crippen LogP contribution in [0, 0.1) is 23.2 Å². The number of allylic oxidation sites excluding steroid dienone is 2. The maximum atomic E-state index is 10.6. The molecule has 0 aromatic carbocycles. The second kappa shape index (κ2) is 12.9. The van der Waals surface area contributed by atoms with Gasteiger partial charge in [0.05, 0.1) is 6.10 Å². The Kier molecular flexibility index (Phi) is 10.9. The molecule has 0 spiro atoms. The number of aliphatic hydroxyl groups is 1. The lowest BCUT2D eigenvalue weighted by Crippen LogP contribution is -2.61. The molecule has 3 aliphatic rings. The molecule has 0 amide bonds. The lowest BCUT2D eigenvalue weighted by Gasteiger charge is -2.63. The number of carbonyl (C=O) groups is 1. The van der Waals surface area contributed by atoms with Gasteiger partial charge in [-0.1, -0.05) is 71.4 Å². The van der Waals surface area contributed by atoms with E-state index in [2.05, 4.69) is 38.2 Å². The summed E-state index contributed by atoms with van der Waals surface area (Å²) in [7, 11) is 0. The third-order valence-corrected chi connectivity index (χ3v) is 7.96. The molecule has 2 bridgehead atoms. The fourth-order valence-corrected chi connectivity index (χ4v) is 5.80. The smallest absolute Gasteiger partial charge is 0.303 e. The molecule has 4 heteroatoms. The quantitative estimate of drug-likeness (QED) is 0.213. The van der Waals surface area contributed by atoms with E-state index < -0.39 is 5.97 Å². The van der Waals surface area contributed by atoms with Crippen molar-refractivity contribution in [2.24, 2.45) is 23.2 Å². The first-order valence-electron chi connectivity index (χ1n) is 12.6. The summed E-state index contributed by atoms with van der Waals surface area (Å²) < 4.78 is 0. The highest BCUT2D eigenvalue weighted by Crippen LogP contribution is 2.62. The van der Waals surface area contributed by atoms with Gasteiger partial charge >= 0.3 is 5.97 Å². The summed E-state index contributed by atoms with van der Waals surface area (Å²) in [5, 5.41) is 22.9. The van der Waals surface area contributed by atoms with E-state index in [0.29, 0.717) is 17.4 Å². The van der Waals surface area contributed by atoms with Gasteiger partial charge in [0, 0.05) is 19.0 Å². The van der Waals surface area contributed by atoms with Gasteiger partial charge < -0.3 is 15.5 Å². The van der Waals surface area contributed by atoms with Crippen molar-refractivity contribution in [1.29, 1.82) is 0 Å². The molecule has 3 fully saturated rings. The van der Waals surface area contributed by atoms with Gasteiger partial charge in [0.25, 0.3) is 0 Å². The van der Waals surface area contributed by atoms with Gasteiger partial charge in [-0.05, 0) is 61.7 Å². The van der Waals surface area contributed by atoms with Crippen LogP contribution >= 0.6 is 0 Å². The van der Waals surface area contributed by atoms with E-state index in [-0.39, 0.29) is 12.5 Å². The molecule has 174 valence electrons. The van der Waals surface area contributed by atoms with Gasteiger partial charge in [0.2, 0.25) is 0 Å². The third kappa shape index (κ3) is 7.67. The Morgan fingerprint density at radius 2 is 1.83 bits per heavy atom. The average Bonchev–Trinajstić information content (AvgIpc) is 2.71. The molecule has 3 rings (SSSR count). The summed E-state index contributed by atoms with van der Waals surface area (Å²) in [5.74, 6) is 1.49. The van der Waals surface area contributed by atoms with E-state index in [1.165, 1.54) is 44.9 Å². The van der Waals surface area contributed by atoms with Gasteiger partial charge in [-0.2, -0.15) is 0 Å². The lowest BCUT2D eigenvalue weighted by atomic mass is 9.44. The van der Waals surface area contributed by atoms with E-state index in [4.69, 9.17) is 5.11 Å². The van der Waals surface area contributed by atoms with Crippen LogP contribution in [0.2, 0.25) is 0 Å². The topological polar surface area (TPSA) is 69.6 Å². The first-order chi connectivity index (χ1) is 14.4. The molecule has 2 unspecified atom stereocenters. The van der Waals surface area contributed by atoms with Crippen molar-refractivity contribution < 1.29 is 15.0 Å². The van der Waals surface area contributed by atoms with Crippen molar-refractivity contribution in [2.45, 2.75) is 116 Å². The van der Waals surface area contributed by atoms with Crippen LogP contribution in [-0.2, 0) is 4.79 Å². The predicted molar refractivity (Wildman–Crippen MR) is 125 cm³/mol. The van der Waals surface area contributed by atoms with Crippen molar-refractivity contribution >= 4 is 5.97 Å². The molecular formula is C26H47NO3. The standard InChI is InChI=1S/C26H47NO3/c1-4-5-6-7-8-11-14-21(28)19-27-24-18-20-17-23(26(20,2)3)22(24)15-12-9-10-13-16-25(29)30/h9,12,20-24,27-28H,4-8,10-11,13-19H2,1-3H3,(H,29,30)/b12-9-/t20-,21+,22?,23+,24?/m1/s1. The first-order valence-corrected chi connectivity index (χ1v) is 12.6. The Bertz CT molecular complexity index is 530. The molecule has 3 saturated carbocycles. The van der Waals surface area contributed by atoms with Gasteiger partial charge in [-0.3, -0.25) is 4.79 Å². The number of aliphatic hydroxyl groups excluding tert-OH is 1. The molecule has 0 heterocycles. The van der Waals surface area contributed by atoms with Crippen molar-refractivity contribution in [3.63, 3.8) is 0 Å². The zero-order valence-electron chi connectivity index (χ0n) is 19.7. The Morgan fingerprint density at radius 1 is 1.10 bits per heavy atom. The Morgan fingerprint density at radius 3 is 2.53 bits per heavy atom. The van der Waals surface area contributed by atoms with E-state index in [9.17, 15) is 9.90 Å². The van der Waals surface area contributed by atoms with Crippen LogP contribution in [-0.4, -0.2) is 34.9 Å². The molecule has 0 aromatic heterocycles. The predicted octanol–water partition coefficient (Wildman–Crippen LogP) is 5.94. The Balaban J connectivity index is 1.73. The van der Waals surface area contributed by atoms with E-state index in [1.807, 2.05) is 0 Å². The maximum absolute atomic E-state index is 10.6. The summed E-state index contributed by atoms with van der Waals surface area (Å²) in [6, 6.07) is 0.504. The second-order valence-electron chi connectivity index (χ2n) is 10.5. The molecular weight excluding hydrogens is 374 g/mol. The Labute approximate surface area is 184 Å². The molecule has 4 nitrogen and oxygen atoms in total. The fraction of sp³-hybridized carbons (Fsp3) is 0.885. The van der Waals surface area contributed by atoms with Crippen LogP contribution in [0.15, 0.2) is 12.2 Å². The molecule has 3 N–H and O–H groups in total. The number of unbranched alkanes of at least 4 members (excludes halogenated alkanes) is 6. The minimum Gasteiger partial charge on any atom is -0.481 e. The molecule has 30 heavy (non-hydrogen) atoms. The zero-order chi connectivity index (χ0) is 22.0. The molecule has 0 aromatic rings. The van der Waals surface area contributed by atoms with Gasteiger partial charge in [0.15, 0.2) is 0 Å². The maximum Gasteiger partial charge on any atom is 0.303 e. The molecule has 0 saturated heterocycles. The van der Waals surface area contributed by atoms with Crippen LogP contribution in [0.5, 0.6) is 0 Å². The van der Waals surface area contributed by atoms with E-state index in [1.54, 1.807) is 0 Å². The number of hydrogen-bond donors (Lipinski definition) is 3. The monoisotopic (exact) mass is 421 g/mol. The summed E-state index contributed by atoms with van der Waals surface area (Å²) in [6.07, 6.45) is 18.2. The molecule has 3 aliphatic carbocycles. The number of hydrogen-bond acceptors (Lipinski definition) is 3. The third-order valence-electron chi connectivity index (χ3n) is 7.96. The Hall–Kier alpha value is -0.870. The molecule has 5 atom stereocenters. The number of rotatable bonds is 16. The summed E-state index contributed by atoms with van der Waals surface area (Å²) in [5.41, 5.74) is 0.442. The number of carboxylic acid groups (broad SMARTS) is 1. The second-order valence-corrected chi connectivity index (χ2v) is 10.5. The summed E-state index contributed by atoms with van der Waals surface area (Å²) in [4.78, 5) is 10.6. The number of carboxylic acids is 1. The van der Waals surface area contributed by atoms with Crippen LogP contribution < -0.4 is 5.32 Å². The number of aliphatic carboxylic acids is 1. The normalized spacial score (nSPS) is 28.4. The van der Waals surface area contributed by atoms with Gasteiger partial charge in [0.1, 0.15) is 0 Å². The van der Waals surface area contributed by atoms with Crippen LogP contribution in [0.3, 0.4) is 0 Å². The zero-order valence-corrected chi connectivity index (χ0v) is 19.7. The van der Waals surface area contributed by atoms with E-state index in [0.717, 1.165) is 50.5 Å². The lowest BCUT2D eigenvalue weighted by molar-refractivity contribution is -0.137. The van der Waals surface area contributed by atoms with Crippen molar-refractivity contribution in [3.05, 3.63) is 12.2 Å². The highest BCUT2D eigenvalue weighted by molar-refractivity contribution is 5.66.